The highest BCUT2D eigenvalue weighted by atomic mass is 16.5. The van der Waals surface area contributed by atoms with Crippen molar-refractivity contribution in [3.05, 3.63) is 53.7 Å². The van der Waals surface area contributed by atoms with Gasteiger partial charge in [-0.1, -0.05) is 6.07 Å². The molecule has 0 bridgehead atoms. The minimum absolute atomic E-state index is 0.0165. The largest absolute Gasteiger partial charge is 0.465 e. The van der Waals surface area contributed by atoms with Crippen molar-refractivity contribution in [3.63, 3.8) is 0 Å². The van der Waals surface area contributed by atoms with E-state index in [-0.39, 0.29) is 5.60 Å². The van der Waals surface area contributed by atoms with Crippen LogP contribution in [-0.4, -0.2) is 53.2 Å². The van der Waals surface area contributed by atoms with Crippen molar-refractivity contribution in [3.8, 4) is 0 Å². The maximum atomic E-state index is 6.26. The molecule has 5 heteroatoms. The van der Waals surface area contributed by atoms with Gasteiger partial charge in [-0.05, 0) is 44.0 Å². The monoisotopic (exact) mass is 341 g/mol. The maximum Gasteiger partial charge on any atom is 0.118 e. The van der Waals surface area contributed by atoms with Crippen LogP contribution in [0.4, 0.5) is 0 Å². The van der Waals surface area contributed by atoms with E-state index in [1.165, 1.54) is 0 Å². The summed E-state index contributed by atoms with van der Waals surface area (Å²) in [5, 5.41) is 0. The summed E-state index contributed by atoms with van der Waals surface area (Å²) < 4.78 is 12.0. The Morgan fingerprint density at radius 2 is 1.92 bits per heavy atom. The number of aryl methyl sites for hydroxylation is 1. The van der Waals surface area contributed by atoms with Crippen LogP contribution in [0.25, 0.3) is 0 Å². The minimum atomic E-state index is 0.0165. The van der Waals surface area contributed by atoms with E-state index < -0.39 is 0 Å². The maximum absolute atomic E-state index is 6.26. The van der Waals surface area contributed by atoms with Crippen LogP contribution < -0.4 is 0 Å². The number of rotatable bonds is 4. The van der Waals surface area contributed by atoms with Crippen LogP contribution in [0, 0.1) is 6.92 Å². The molecular weight excluding hydrogens is 314 g/mol. The zero-order valence-electron chi connectivity index (χ0n) is 15.0. The van der Waals surface area contributed by atoms with Gasteiger partial charge in [0.05, 0.1) is 24.4 Å². The molecule has 0 amide bonds. The van der Waals surface area contributed by atoms with Gasteiger partial charge >= 0.3 is 0 Å². The molecule has 0 radical (unpaired) electrons. The summed E-state index contributed by atoms with van der Waals surface area (Å²) in [5.41, 5.74) is 1.16. The molecule has 0 aliphatic carbocycles. The lowest BCUT2D eigenvalue weighted by Crippen LogP contribution is -2.56. The number of hydrogen-bond acceptors (Lipinski definition) is 5. The van der Waals surface area contributed by atoms with Gasteiger partial charge in [-0.15, -0.1) is 0 Å². The van der Waals surface area contributed by atoms with E-state index >= 15 is 0 Å². The van der Waals surface area contributed by atoms with Crippen LogP contribution in [0.2, 0.25) is 0 Å². The molecule has 0 aromatic carbocycles. The number of likely N-dealkylation sites (tertiary alicyclic amines) is 1. The Morgan fingerprint density at radius 3 is 2.64 bits per heavy atom. The Morgan fingerprint density at radius 1 is 1.04 bits per heavy atom. The van der Waals surface area contributed by atoms with E-state index in [2.05, 4.69) is 33.0 Å². The molecular formula is C20H27N3O2. The van der Waals surface area contributed by atoms with E-state index in [0.717, 1.165) is 75.9 Å². The molecule has 4 rings (SSSR count). The first-order valence-electron chi connectivity index (χ1n) is 9.25. The van der Waals surface area contributed by atoms with Crippen molar-refractivity contribution in [2.24, 2.45) is 0 Å². The predicted molar refractivity (Wildman–Crippen MR) is 96.2 cm³/mol. The number of furan rings is 1. The zero-order valence-corrected chi connectivity index (χ0v) is 15.0. The number of piperidine rings is 1. The fourth-order valence-corrected chi connectivity index (χ4v) is 3.99. The molecule has 2 aliphatic heterocycles. The van der Waals surface area contributed by atoms with E-state index in [0.29, 0.717) is 0 Å². The Kier molecular flexibility index (Phi) is 4.88. The summed E-state index contributed by atoms with van der Waals surface area (Å²) in [4.78, 5) is 9.44. The third-order valence-corrected chi connectivity index (χ3v) is 5.38. The summed E-state index contributed by atoms with van der Waals surface area (Å²) in [7, 11) is 0. The molecule has 4 heterocycles. The van der Waals surface area contributed by atoms with Crippen LogP contribution in [0.1, 0.15) is 30.1 Å². The first kappa shape index (κ1) is 16.8. The van der Waals surface area contributed by atoms with Crippen molar-refractivity contribution < 1.29 is 9.15 Å². The number of pyridine rings is 1. The predicted octanol–water partition coefficient (Wildman–Crippen LogP) is 2.85. The van der Waals surface area contributed by atoms with E-state index in [9.17, 15) is 0 Å². The van der Waals surface area contributed by atoms with Crippen LogP contribution in [0.3, 0.4) is 0 Å². The SMILES string of the molecule is Cc1ccc(CN2CCC3(CC2)CN(Cc2ccccn2)CCO3)o1. The minimum Gasteiger partial charge on any atom is -0.465 e. The summed E-state index contributed by atoms with van der Waals surface area (Å²) in [6, 6.07) is 10.3. The van der Waals surface area contributed by atoms with Gasteiger partial charge < -0.3 is 9.15 Å². The van der Waals surface area contributed by atoms with Gasteiger partial charge in [0.2, 0.25) is 0 Å². The Bertz CT molecular complexity index is 677. The quantitative estimate of drug-likeness (QED) is 0.855. The molecule has 134 valence electrons. The first-order chi connectivity index (χ1) is 12.2. The van der Waals surface area contributed by atoms with E-state index in [1.54, 1.807) is 0 Å². The van der Waals surface area contributed by atoms with Gasteiger partial charge in [0.25, 0.3) is 0 Å². The lowest BCUT2D eigenvalue weighted by atomic mass is 9.89. The van der Waals surface area contributed by atoms with E-state index in [1.807, 2.05) is 25.3 Å². The molecule has 1 spiro atoms. The summed E-state index contributed by atoms with van der Waals surface area (Å²) in [5.74, 6) is 2.05. The highest BCUT2D eigenvalue weighted by Gasteiger charge is 2.39. The number of morpholine rings is 1. The van der Waals surface area contributed by atoms with Gasteiger partial charge in [-0.3, -0.25) is 14.8 Å². The number of hydrogen-bond donors (Lipinski definition) is 0. The summed E-state index contributed by atoms with van der Waals surface area (Å²) in [6.45, 7) is 8.78. The highest BCUT2D eigenvalue weighted by Crippen LogP contribution is 2.31. The number of ether oxygens (including phenoxy) is 1. The molecule has 0 atom stereocenters. The standard InChI is InChI=1S/C20H27N3O2/c1-17-5-6-19(25-17)15-22-10-7-20(8-11-22)16-23(12-13-24-20)14-18-4-2-3-9-21-18/h2-6,9H,7-8,10-16H2,1H3. The first-order valence-corrected chi connectivity index (χ1v) is 9.25. The molecule has 25 heavy (non-hydrogen) atoms. The second kappa shape index (κ2) is 7.28. The smallest absolute Gasteiger partial charge is 0.118 e. The van der Waals surface area contributed by atoms with Crippen molar-refractivity contribution in [1.82, 2.24) is 14.8 Å². The highest BCUT2D eigenvalue weighted by molar-refractivity contribution is 5.06. The molecule has 2 aliphatic rings. The van der Waals surface area contributed by atoms with E-state index in [4.69, 9.17) is 9.15 Å². The average molecular weight is 341 g/mol. The molecule has 2 fully saturated rings. The van der Waals surface area contributed by atoms with Crippen molar-refractivity contribution in [1.29, 1.82) is 0 Å². The fraction of sp³-hybridized carbons (Fsp3) is 0.550. The second-order valence-electron chi connectivity index (χ2n) is 7.35. The number of nitrogens with zero attached hydrogens (tertiary/aromatic N) is 3. The Labute approximate surface area is 149 Å². The van der Waals surface area contributed by atoms with Crippen molar-refractivity contribution >= 4 is 0 Å². The normalized spacial score (nSPS) is 21.6. The molecule has 5 nitrogen and oxygen atoms in total. The molecule has 2 aromatic heterocycles. The van der Waals surface area contributed by atoms with Gasteiger partial charge in [-0.25, -0.2) is 0 Å². The van der Waals surface area contributed by atoms with Gasteiger partial charge in [-0.2, -0.15) is 0 Å². The third kappa shape index (κ3) is 4.11. The second-order valence-corrected chi connectivity index (χ2v) is 7.35. The third-order valence-electron chi connectivity index (χ3n) is 5.38. The van der Waals surface area contributed by atoms with Gasteiger partial charge in [0, 0.05) is 38.9 Å². The molecule has 0 N–H and O–H groups in total. The lowest BCUT2D eigenvalue weighted by Gasteiger charge is -2.47. The molecule has 0 unspecified atom stereocenters. The average Bonchev–Trinajstić information content (AvgIpc) is 3.03. The van der Waals surface area contributed by atoms with Crippen molar-refractivity contribution in [2.75, 3.05) is 32.8 Å². The van der Waals surface area contributed by atoms with Crippen molar-refractivity contribution in [2.45, 2.75) is 38.5 Å². The van der Waals surface area contributed by atoms with Gasteiger partial charge in [0.1, 0.15) is 11.5 Å². The molecule has 2 saturated heterocycles. The Balaban J connectivity index is 1.32. The van der Waals surface area contributed by atoms with Gasteiger partial charge in [0.15, 0.2) is 0 Å². The Hall–Kier alpha value is -1.69. The molecule has 0 saturated carbocycles. The van der Waals surface area contributed by atoms with Crippen LogP contribution in [0.5, 0.6) is 0 Å². The van der Waals surface area contributed by atoms with Crippen LogP contribution in [0.15, 0.2) is 40.9 Å². The topological polar surface area (TPSA) is 41.7 Å². The number of aromatic nitrogens is 1. The fourth-order valence-electron chi connectivity index (χ4n) is 3.99. The van der Waals surface area contributed by atoms with Crippen LogP contribution in [-0.2, 0) is 17.8 Å². The lowest BCUT2D eigenvalue weighted by molar-refractivity contribution is -0.138. The summed E-state index contributed by atoms with van der Waals surface area (Å²) in [6.07, 6.45) is 4.05. The molecule has 2 aromatic rings. The zero-order chi connectivity index (χ0) is 17.1. The van der Waals surface area contributed by atoms with Crippen LogP contribution >= 0.6 is 0 Å². The summed E-state index contributed by atoms with van der Waals surface area (Å²) >= 11 is 0.